The van der Waals surface area contributed by atoms with Crippen molar-refractivity contribution in [2.24, 2.45) is 0 Å². The van der Waals surface area contributed by atoms with Crippen LogP contribution in [0.5, 0.6) is 11.5 Å². The Kier molecular flexibility index (Phi) is 5.50. The number of hydrogen-bond donors (Lipinski definition) is 1. The van der Waals surface area contributed by atoms with E-state index in [9.17, 15) is 14.3 Å². The molecule has 0 bridgehead atoms. The third kappa shape index (κ3) is 4.30. The molecule has 0 spiro atoms. The van der Waals surface area contributed by atoms with E-state index in [-0.39, 0.29) is 5.75 Å². The van der Waals surface area contributed by atoms with Crippen molar-refractivity contribution in [2.45, 2.75) is 13.2 Å². The van der Waals surface area contributed by atoms with Crippen LogP contribution in [-0.4, -0.2) is 17.4 Å². The number of benzene rings is 2. The molecule has 5 heteroatoms. The smallest absolute Gasteiger partial charge is 0.335 e. The van der Waals surface area contributed by atoms with E-state index in [1.165, 1.54) is 12.1 Å². The number of carbonyl (C=O) groups excluding carboxylic acids is 1. The topological polar surface area (TPSA) is 55.8 Å². The Morgan fingerprint density at radius 2 is 1.83 bits per heavy atom. The summed E-state index contributed by atoms with van der Waals surface area (Å²) in [7, 11) is 0. The van der Waals surface area contributed by atoms with Crippen LogP contribution in [0.1, 0.15) is 6.92 Å². The summed E-state index contributed by atoms with van der Waals surface area (Å²) in [4.78, 5) is 11.1. The Bertz CT molecular complexity index is 765. The number of aliphatic hydroxyl groups is 1. The highest BCUT2D eigenvalue weighted by Gasteiger charge is 2.12. The predicted octanol–water partition coefficient (Wildman–Crippen LogP) is 3.86. The molecule has 0 saturated carbocycles. The van der Waals surface area contributed by atoms with Gasteiger partial charge in [-0.1, -0.05) is 31.4 Å². The second kappa shape index (κ2) is 7.57. The Hall–Kier alpha value is -2.92. The minimum absolute atomic E-state index is 0.0641. The summed E-state index contributed by atoms with van der Waals surface area (Å²) in [6.07, 6.45) is -0.189. The highest BCUT2D eigenvalue weighted by Crippen LogP contribution is 2.28. The minimum atomic E-state index is -1.26. The van der Waals surface area contributed by atoms with Crippen molar-refractivity contribution in [1.29, 1.82) is 0 Å². The molecule has 1 unspecified atom stereocenters. The van der Waals surface area contributed by atoms with Crippen molar-refractivity contribution in [2.75, 3.05) is 0 Å². The van der Waals surface area contributed by atoms with Gasteiger partial charge in [-0.25, -0.2) is 9.18 Å². The Morgan fingerprint density at radius 3 is 2.38 bits per heavy atom. The fraction of sp³-hybridized carbons (Fsp3) is 0.105. The minimum Gasteiger partial charge on any atom is -0.458 e. The van der Waals surface area contributed by atoms with Crippen LogP contribution in [0.3, 0.4) is 0 Å². The van der Waals surface area contributed by atoms with Crippen LogP contribution in [0.25, 0.3) is 11.1 Å². The van der Waals surface area contributed by atoms with Gasteiger partial charge in [0.25, 0.3) is 0 Å². The number of rotatable bonds is 6. The lowest BCUT2D eigenvalue weighted by atomic mass is 10.1. The van der Waals surface area contributed by atoms with Crippen molar-refractivity contribution in [3.05, 3.63) is 73.1 Å². The third-order valence-corrected chi connectivity index (χ3v) is 3.16. The first-order chi connectivity index (χ1) is 11.4. The molecule has 124 valence electrons. The number of halogens is 1. The predicted molar refractivity (Wildman–Crippen MR) is 89.1 cm³/mol. The van der Waals surface area contributed by atoms with Crippen molar-refractivity contribution < 1.29 is 23.8 Å². The van der Waals surface area contributed by atoms with E-state index in [0.29, 0.717) is 16.9 Å². The number of carbonyl (C=O) groups is 1. The second-order valence-electron chi connectivity index (χ2n) is 5.11. The van der Waals surface area contributed by atoms with E-state index in [2.05, 4.69) is 13.2 Å². The molecule has 0 radical (unpaired) electrons. The van der Waals surface area contributed by atoms with Crippen molar-refractivity contribution in [3.63, 3.8) is 0 Å². The largest absolute Gasteiger partial charge is 0.458 e. The zero-order valence-corrected chi connectivity index (χ0v) is 13.2. The molecule has 24 heavy (non-hydrogen) atoms. The second-order valence-corrected chi connectivity index (χ2v) is 5.11. The number of aliphatic hydroxyl groups excluding tert-OH is 1. The Balaban J connectivity index is 2.17. The number of esters is 1. The number of hydrogen-bond acceptors (Lipinski definition) is 4. The zero-order chi connectivity index (χ0) is 17.7. The zero-order valence-electron chi connectivity index (χ0n) is 13.2. The molecule has 4 nitrogen and oxygen atoms in total. The first kappa shape index (κ1) is 17.4. The molecule has 2 rings (SSSR count). The molecule has 0 amide bonds. The summed E-state index contributed by atoms with van der Waals surface area (Å²) < 4.78 is 24.2. The van der Waals surface area contributed by atoms with Crippen LogP contribution >= 0.6 is 0 Å². The molecule has 2 aromatic carbocycles. The third-order valence-electron chi connectivity index (χ3n) is 3.16. The van der Waals surface area contributed by atoms with Gasteiger partial charge < -0.3 is 14.6 Å². The van der Waals surface area contributed by atoms with Crippen molar-refractivity contribution >= 4 is 5.97 Å². The highest BCUT2D eigenvalue weighted by molar-refractivity contribution is 5.83. The van der Waals surface area contributed by atoms with Gasteiger partial charge >= 0.3 is 5.97 Å². The lowest BCUT2D eigenvalue weighted by Crippen LogP contribution is -2.16. The Morgan fingerprint density at radius 1 is 1.21 bits per heavy atom. The average molecular weight is 328 g/mol. The number of ether oxygens (including phenoxy) is 2. The summed E-state index contributed by atoms with van der Waals surface area (Å²) in [6, 6.07) is 11.0. The monoisotopic (exact) mass is 328 g/mol. The van der Waals surface area contributed by atoms with Crippen LogP contribution in [0, 0.1) is 5.82 Å². The van der Waals surface area contributed by atoms with Crippen LogP contribution < -0.4 is 9.47 Å². The van der Waals surface area contributed by atoms with Gasteiger partial charge in [0.1, 0.15) is 5.75 Å². The van der Waals surface area contributed by atoms with Gasteiger partial charge in [0, 0.05) is 6.08 Å². The summed E-state index contributed by atoms with van der Waals surface area (Å²) in [6.45, 7) is 8.44. The lowest BCUT2D eigenvalue weighted by Gasteiger charge is -2.14. The maximum absolute atomic E-state index is 14.1. The van der Waals surface area contributed by atoms with E-state index >= 15 is 0 Å². The van der Waals surface area contributed by atoms with Crippen LogP contribution in [0.15, 0.2) is 67.3 Å². The molecular weight excluding hydrogens is 311 g/mol. The molecule has 0 saturated heterocycles. The van der Waals surface area contributed by atoms with E-state index < -0.39 is 18.1 Å². The maximum Gasteiger partial charge on any atom is 0.335 e. The molecule has 0 heterocycles. The van der Waals surface area contributed by atoms with Crippen molar-refractivity contribution in [3.8, 4) is 22.6 Å². The van der Waals surface area contributed by atoms with Gasteiger partial charge in [0.2, 0.25) is 6.29 Å². The molecule has 0 aliphatic rings. The van der Waals surface area contributed by atoms with Crippen LogP contribution in [0.2, 0.25) is 0 Å². The Labute approximate surface area is 139 Å². The average Bonchev–Trinajstić information content (AvgIpc) is 2.57. The molecule has 0 fully saturated rings. The summed E-state index contributed by atoms with van der Waals surface area (Å²) in [5, 5.41) is 9.58. The highest BCUT2D eigenvalue weighted by atomic mass is 19.1. The van der Waals surface area contributed by atoms with E-state index in [4.69, 9.17) is 9.47 Å². The van der Waals surface area contributed by atoms with E-state index in [1.807, 2.05) is 0 Å². The van der Waals surface area contributed by atoms with Gasteiger partial charge in [-0.3, -0.25) is 0 Å². The molecule has 0 aliphatic heterocycles. The standard InChI is InChI=1S/C19H17FO4/c1-4-18(21)23-15-8-5-13(6-9-15)14-7-10-17(16(20)11-14)24-19(22)12(2)3/h4-11,19,22H,1-2H2,3H3. The lowest BCUT2D eigenvalue weighted by molar-refractivity contribution is -0.128. The summed E-state index contributed by atoms with van der Waals surface area (Å²) in [5.41, 5.74) is 1.73. The summed E-state index contributed by atoms with van der Waals surface area (Å²) in [5.74, 6) is -0.847. The summed E-state index contributed by atoms with van der Waals surface area (Å²) >= 11 is 0. The molecule has 0 aromatic heterocycles. The van der Waals surface area contributed by atoms with Gasteiger partial charge in [0.05, 0.1) is 0 Å². The van der Waals surface area contributed by atoms with E-state index in [0.717, 1.165) is 11.6 Å². The first-order valence-electron chi connectivity index (χ1n) is 7.15. The molecule has 0 aliphatic carbocycles. The normalized spacial score (nSPS) is 11.5. The van der Waals surface area contributed by atoms with Crippen LogP contribution in [0.4, 0.5) is 4.39 Å². The first-order valence-corrected chi connectivity index (χ1v) is 7.15. The molecule has 2 aromatic rings. The van der Waals surface area contributed by atoms with Gasteiger partial charge in [-0.15, -0.1) is 0 Å². The maximum atomic E-state index is 14.1. The molecule has 1 N–H and O–H groups in total. The van der Waals surface area contributed by atoms with Gasteiger partial charge in [-0.05, 0) is 47.9 Å². The van der Waals surface area contributed by atoms with Gasteiger partial charge in [-0.2, -0.15) is 0 Å². The van der Waals surface area contributed by atoms with Crippen molar-refractivity contribution in [1.82, 2.24) is 0 Å². The fourth-order valence-corrected chi connectivity index (χ4v) is 1.87. The van der Waals surface area contributed by atoms with E-state index in [1.54, 1.807) is 37.3 Å². The quantitative estimate of drug-likeness (QED) is 0.288. The van der Waals surface area contributed by atoms with Crippen LogP contribution in [-0.2, 0) is 4.79 Å². The molecular formula is C19H17FO4. The molecule has 1 atom stereocenters. The fourth-order valence-electron chi connectivity index (χ4n) is 1.87. The SMILES string of the molecule is C=CC(=O)Oc1ccc(-c2ccc(OC(O)C(=C)C)c(F)c2)cc1. The van der Waals surface area contributed by atoms with Gasteiger partial charge in [0.15, 0.2) is 11.6 Å².